The van der Waals surface area contributed by atoms with Crippen molar-refractivity contribution in [3.05, 3.63) is 12.2 Å². The number of rotatable bonds is 15. The molecule has 136 valence electrons. The molecule has 23 heavy (non-hydrogen) atoms. The molecule has 0 rings (SSSR count). The third-order valence-electron chi connectivity index (χ3n) is 4.40. The Kier molecular flexibility index (Phi) is 14.2. The molecular weight excluding hydrogens is 286 g/mol. The van der Waals surface area contributed by atoms with Crippen LogP contribution in [-0.2, 0) is 9.53 Å². The van der Waals surface area contributed by atoms with Gasteiger partial charge in [-0.2, -0.15) is 0 Å². The van der Waals surface area contributed by atoms with Crippen molar-refractivity contribution in [2.45, 2.75) is 90.5 Å². The smallest absolute Gasteiger partial charge is 0.333 e. The van der Waals surface area contributed by atoms with Crippen molar-refractivity contribution in [3.8, 4) is 0 Å². The summed E-state index contributed by atoms with van der Waals surface area (Å²) in [6.07, 6.45) is 14.3. The molecule has 0 aliphatic rings. The lowest BCUT2D eigenvalue weighted by atomic mass is 10.0. The fraction of sp³-hybridized carbons (Fsp3) is 0.850. The molecule has 0 saturated carbocycles. The van der Waals surface area contributed by atoms with Gasteiger partial charge in [-0.05, 0) is 33.9 Å². The van der Waals surface area contributed by atoms with E-state index in [2.05, 4.69) is 32.5 Å². The third kappa shape index (κ3) is 13.3. The van der Waals surface area contributed by atoms with Gasteiger partial charge in [-0.1, -0.05) is 71.3 Å². The van der Waals surface area contributed by atoms with Crippen molar-refractivity contribution >= 4 is 5.97 Å². The van der Waals surface area contributed by atoms with Crippen molar-refractivity contribution in [1.82, 2.24) is 4.90 Å². The Morgan fingerprint density at radius 1 is 0.957 bits per heavy atom. The molecule has 0 saturated heterocycles. The fourth-order valence-electron chi connectivity index (χ4n) is 2.76. The van der Waals surface area contributed by atoms with Crippen LogP contribution < -0.4 is 0 Å². The van der Waals surface area contributed by atoms with Crippen LogP contribution >= 0.6 is 0 Å². The highest BCUT2D eigenvalue weighted by molar-refractivity contribution is 5.86. The van der Waals surface area contributed by atoms with E-state index in [9.17, 15) is 4.79 Å². The maximum absolute atomic E-state index is 11.4. The van der Waals surface area contributed by atoms with Crippen LogP contribution in [0.3, 0.4) is 0 Å². The average molecular weight is 326 g/mol. The molecule has 3 heteroatoms. The molecular formula is C20H39NO2. The summed E-state index contributed by atoms with van der Waals surface area (Å²) < 4.78 is 5.21. The summed E-state index contributed by atoms with van der Waals surface area (Å²) in [5, 5.41) is 0. The zero-order valence-electron chi connectivity index (χ0n) is 16.0. The summed E-state index contributed by atoms with van der Waals surface area (Å²) in [6.45, 7) is 8.05. The Morgan fingerprint density at radius 3 is 1.96 bits per heavy atom. The standard InChI is InChI=1S/C20H39NO2/c1-6-7-8-9-10-11-12-13-14-15-19(21(4)5)16-17-23-20(22)18(2)3/h19H,2,6-17H2,1,3-5H3. The van der Waals surface area contributed by atoms with Gasteiger partial charge in [0.2, 0.25) is 0 Å². The Morgan fingerprint density at radius 2 is 1.48 bits per heavy atom. The first-order valence-electron chi connectivity index (χ1n) is 9.48. The van der Waals surface area contributed by atoms with E-state index in [4.69, 9.17) is 4.74 Å². The Bertz CT molecular complexity index is 313. The van der Waals surface area contributed by atoms with Gasteiger partial charge in [0.15, 0.2) is 0 Å². The maximum atomic E-state index is 11.4. The SMILES string of the molecule is C=C(C)C(=O)OCCC(CCCCCCCCCCC)N(C)C. The number of ether oxygens (including phenoxy) is 1. The predicted molar refractivity (Wildman–Crippen MR) is 99.7 cm³/mol. The van der Waals surface area contributed by atoms with Gasteiger partial charge in [0.05, 0.1) is 6.61 Å². The number of nitrogens with zero attached hydrogens (tertiary/aromatic N) is 1. The second-order valence-corrected chi connectivity index (χ2v) is 6.94. The number of carbonyl (C=O) groups excluding carboxylic acids is 1. The van der Waals surface area contributed by atoms with Crippen molar-refractivity contribution in [2.75, 3.05) is 20.7 Å². The van der Waals surface area contributed by atoms with Crippen molar-refractivity contribution in [2.24, 2.45) is 0 Å². The summed E-state index contributed by atoms with van der Waals surface area (Å²) in [6, 6.07) is 0.498. The largest absolute Gasteiger partial charge is 0.462 e. The molecule has 0 heterocycles. The quantitative estimate of drug-likeness (QED) is 0.231. The van der Waals surface area contributed by atoms with Crippen molar-refractivity contribution in [1.29, 1.82) is 0 Å². The van der Waals surface area contributed by atoms with Gasteiger partial charge in [0, 0.05) is 11.6 Å². The van der Waals surface area contributed by atoms with Crippen LogP contribution in [0.2, 0.25) is 0 Å². The molecule has 0 amide bonds. The Balaban J connectivity index is 3.65. The summed E-state index contributed by atoms with van der Waals surface area (Å²) in [5.41, 5.74) is 0.477. The molecule has 0 spiro atoms. The molecule has 0 aromatic carbocycles. The average Bonchev–Trinajstić information content (AvgIpc) is 2.50. The molecule has 0 N–H and O–H groups in total. The summed E-state index contributed by atoms with van der Waals surface area (Å²) in [5.74, 6) is -0.273. The highest BCUT2D eigenvalue weighted by Crippen LogP contribution is 2.14. The normalized spacial score (nSPS) is 12.4. The van der Waals surface area contributed by atoms with E-state index in [0.717, 1.165) is 6.42 Å². The molecule has 1 atom stereocenters. The summed E-state index contributed by atoms with van der Waals surface area (Å²) >= 11 is 0. The topological polar surface area (TPSA) is 29.5 Å². The van der Waals surface area contributed by atoms with E-state index in [0.29, 0.717) is 18.2 Å². The minimum atomic E-state index is -0.273. The number of hydrogen-bond acceptors (Lipinski definition) is 3. The Hall–Kier alpha value is -0.830. The number of unbranched alkanes of at least 4 members (excludes halogenated alkanes) is 8. The van der Waals surface area contributed by atoms with Crippen molar-refractivity contribution < 1.29 is 9.53 Å². The summed E-state index contributed by atoms with van der Waals surface area (Å²) in [7, 11) is 4.22. The lowest BCUT2D eigenvalue weighted by Gasteiger charge is -2.24. The second-order valence-electron chi connectivity index (χ2n) is 6.94. The molecule has 0 bridgehead atoms. The fourth-order valence-corrected chi connectivity index (χ4v) is 2.76. The van der Waals surface area contributed by atoms with Crippen LogP contribution in [0.15, 0.2) is 12.2 Å². The van der Waals surface area contributed by atoms with E-state index >= 15 is 0 Å². The van der Waals surface area contributed by atoms with E-state index < -0.39 is 0 Å². The number of hydrogen-bond donors (Lipinski definition) is 0. The van der Waals surface area contributed by atoms with Gasteiger partial charge in [-0.15, -0.1) is 0 Å². The van der Waals surface area contributed by atoms with Gasteiger partial charge in [0.25, 0.3) is 0 Å². The van der Waals surface area contributed by atoms with Gasteiger partial charge < -0.3 is 9.64 Å². The van der Waals surface area contributed by atoms with E-state index in [1.54, 1.807) is 6.92 Å². The van der Waals surface area contributed by atoms with Gasteiger partial charge in [-0.25, -0.2) is 4.79 Å². The lowest BCUT2D eigenvalue weighted by molar-refractivity contribution is -0.139. The highest BCUT2D eigenvalue weighted by Gasteiger charge is 2.12. The first-order chi connectivity index (χ1) is 11.0. The van der Waals surface area contributed by atoms with Crippen LogP contribution in [0.4, 0.5) is 0 Å². The molecule has 0 fully saturated rings. The van der Waals surface area contributed by atoms with E-state index in [1.165, 1.54) is 64.2 Å². The molecule has 1 unspecified atom stereocenters. The van der Waals surface area contributed by atoms with E-state index in [1.807, 2.05) is 0 Å². The second kappa shape index (κ2) is 14.7. The first-order valence-corrected chi connectivity index (χ1v) is 9.48. The third-order valence-corrected chi connectivity index (χ3v) is 4.40. The van der Waals surface area contributed by atoms with E-state index in [-0.39, 0.29) is 5.97 Å². The van der Waals surface area contributed by atoms with Crippen LogP contribution in [-0.4, -0.2) is 37.6 Å². The number of carbonyl (C=O) groups is 1. The lowest BCUT2D eigenvalue weighted by Crippen LogP contribution is -2.29. The zero-order valence-corrected chi connectivity index (χ0v) is 16.0. The maximum Gasteiger partial charge on any atom is 0.333 e. The molecule has 0 aromatic heterocycles. The molecule has 0 aromatic rings. The van der Waals surface area contributed by atoms with Gasteiger partial charge in [-0.3, -0.25) is 0 Å². The molecule has 0 aliphatic heterocycles. The minimum absolute atomic E-state index is 0.273. The minimum Gasteiger partial charge on any atom is -0.462 e. The Labute approximate surface area is 144 Å². The van der Waals surface area contributed by atoms with Crippen LogP contribution in [0, 0.1) is 0 Å². The van der Waals surface area contributed by atoms with Crippen LogP contribution in [0.5, 0.6) is 0 Å². The monoisotopic (exact) mass is 325 g/mol. The number of esters is 1. The van der Waals surface area contributed by atoms with Gasteiger partial charge in [0.1, 0.15) is 0 Å². The highest BCUT2D eigenvalue weighted by atomic mass is 16.5. The van der Waals surface area contributed by atoms with Crippen LogP contribution in [0.1, 0.15) is 84.5 Å². The van der Waals surface area contributed by atoms with Gasteiger partial charge >= 0.3 is 5.97 Å². The molecule has 0 aliphatic carbocycles. The van der Waals surface area contributed by atoms with Crippen LogP contribution in [0.25, 0.3) is 0 Å². The molecule has 3 nitrogen and oxygen atoms in total. The zero-order chi connectivity index (χ0) is 17.5. The predicted octanol–water partition coefficient (Wildman–Crippen LogP) is 5.35. The molecule has 0 radical (unpaired) electrons. The summed E-state index contributed by atoms with van der Waals surface area (Å²) in [4.78, 5) is 13.6. The van der Waals surface area contributed by atoms with Crippen molar-refractivity contribution in [3.63, 3.8) is 0 Å². The first kappa shape index (κ1) is 22.2.